The van der Waals surface area contributed by atoms with E-state index in [2.05, 4.69) is 9.55 Å². The molecular formula is C20H17FN2O2S. The average molecular weight is 368 g/mol. The van der Waals surface area contributed by atoms with E-state index in [1.807, 2.05) is 30.3 Å². The van der Waals surface area contributed by atoms with Crippen molar-refractivity contribution in [2.75, 3.05) is 6.61 Å². The third-order valence-corrected chi connectivity index (χ3v) is 5.53. The number of thioether (sulfide) groups is 1. The molecule has 2 heterocycles. The third-order valence-electron chi connectivity index (χ3n) is 4.28. The number of esters is 1. The highest BCUT2D eigenvalue weighted by molar-refractivity contribution is 8.00. The second-order valence-electron chi connectivity index (χ2n) is 6.07. The molecule has 132 valence electrons. The lowest BCUT2D eigenvalue weighted by Crippen LogP contribution is -2.12. The molecule has 1 atom stereocenters. The zero-order chi connectivity index (χ0) is 17.9. The molecular weight excluding hydrogens is 351 g/mol. The number of cyclic esters (lactones) is 1. The molecule has 1 aromatic heterocycles. The molecule has 6 heteroatoms. The second kappa shape index (κ2) is 7.33. The highest BCUT2D eigenvalue weighted by Crippen LogP contribution is 2.32. The van der Waals surface area contributed by atoms with Crippen molar-refractivity contribution >= 4 is 17.7 Å². The molecule has 4 rings (SSSR count). The van der Waals surface area contributed by atoms with E-state index in [0.29, 0.717) is 19.6 Å². The van der Waals surface area contributed by atoms with Crippen LogP contribution in [0.2, 0.25) is 0 Å². The van der Waals surface area contributed by atoms with Crippen molar-refractivity contribution in [1.82, 2.24) is 9.55 Å². The summed E-state index contributed by atoms with van der Waals surface area (Å²) in [4.78, 5) is 16.4. The number of halogens is 1. The lowest BCUT2D eigenvalue weighted by molar-refractivity contribution is -0.137. The highest BCUT2D eigenvalue weighted by atomic mass is 32.2. The number of carbonyl (C=O) groups excluding carboxylic acids is 1. The van der Waals surface area contributed by atoms with Crippen molar-refractivity contribution in [1.29, 1.82) is 0 Å². The molecule has 0 spiro atoms. The SMILES string of the molecule is O=C1OCC[C@@H]1Sc1ncc(-c2ccc(F)cc2)n1Cc1ccccc1. The Balaban J connectivity index is 1.71. The minimum Gasteiger partial charge on any atom is -0.465 e. The van der Waals surface area contributed by atoms with Gasteiger partial charge in [-0.1, -0.05) is 42.1 Å². The summed E-state index contributed by atoms with van der Waals surface area (Å²) >= 11 is 1.43. The number of rotatable bonds is 5. The van der Waals surface area contributed by atoms with Gasteiger partial charge in [-0.25, -0.2) is 9.37 Å². The van der Waals surface area contributed by atoms with Gasteiger partial charge in [0.05, 0.1) is 25.0 Å². The first-order chi connectivity index (χ1) is 12.7. The molecule has 0 aliphatic carbocycles. The van der Waals surface area contributed by atoms with Gasteiger partial charge in [0, 0.05) is 6.42 Å². The van der Waals surface area contributed by atoms with Gasteiger partial charge in [-0.05, 0) is 35.4 Å². The monoisotopic (exact) mass is 368 g/mol. The molecule has 1 aliphatic rings. The van der Waals surface area contributed by atoms with Gasteiger partial charge in [-0.2, -0.15) is 0 Å². The zero-order valence-electron chi connectivity index (χ0n) is 14.0. The first-order valence-electron chi connectivity index (χ1n) is 8.39. The van der Waals surface area contributed by atoms with E-state index in [1.54, 1.807) is 18.3 Å². The molecule has 0 N–H and O–H groups in total. The van der Waals surface area contributed by atoms with E-state index in [4.69, 9.17) is 4.74 Å². The van der Waals surface area contributed by atoms with E-state index in [9.17, 15) is 9.18 Å². The average Bonchev–Trinajstić information content (AvgIpc) is 3.24. The summed E-state index contributed by atoms with van der Waals surface area (Å²) in [5.74, 6) is -0.459. The first-order valence-corrected chi connectivity index (χ1v) is 9.27. The van der Waals surface area contributed by atoms with Crippen LogP contribution in [-0.4, -0.2) is 27.4 Å². The number of benzene rings is 2. The van der Waals surface area contributed by atoms with Crippen molar-refractivity contribution in [3.8, 4) is 11.3 Å². The Morgan fingerprint density at radius 3 is 2.62 bits per heavy atom. The van der Waals surface area contributed by atoms with Crippen LogP contribution in [0, 0.1) is 5.82 Å². The quantitative estimate of drug-likeness (QED) is 0.635. The van der Waals surface area contributed by atoms with Crippen LogP contribution >= 0.6 is 11.8 Å². The van der Waals surface area contributed by atoms with Crippen LogP contribution in [0.5, 0.6) is 0 Å². The Kier molecular flexibility index (Phi) is 4.75. The molecule has 0 unspecified atom stereocenters. The maximum atomic E-state index is 13.3. The van der Waals surface area contributed by atoms with E-state index < -0.39 is 0 Å². The summed E-state index contributed by atoms with van der Waals surface area (Å²) < 4.78 is 20.4. The summed E-state index contributed by atoms with van der Waals surface area (Å²) in [5, 5.41) is 0.532. The second-order valence-corrected chi connectivity index (χ2v) is 7.24. The predicted molar refractivity (Wildman–Crippen MR) is 98.4 cm³/mol. The van der Waals surface area contributed by atoms with Crippen LogP contribution in [0.25, 0.3) is 11.3 Å². The summed E-state index contributed by atoms with van der Waals surface area (Å²) in [6.07, 6.45) is 2.46. The third kappa shape index (κ3) is 3.51. The van der Waals surface area contributed by atoms with Crippen molar-refractivity contribution in [2.45, 2.75) is 23.4 Å². The first kappa shape index (κ1) is 16.8. The van der Waals surface area contributed by atoms with Crippen LogP contribution in [0.3, 0.4) is 0 Å². The van der Waals surface area contributed by atoms with Crippen molar-refractivity contribution in [2.24, 2.45) is 0 Å². The standard InChI is InChI=1S/C20H17FN2O2S/c21-16-8-6-15(7-9-16)17-12-22-20(26-18-10-11-25-19(18)24)23(17)13-14-4-2-1-3-5-14/h1-9,12,18H,10-11,13H2/t18-/m0/s1. The minimum absolute atomic E-state index is 0.187. The van der Waals surface area contributed by atoms with Gasteiger partial charge in [-0.15, -0.1) is 0 Å². The maximum absolute atomic E-state index is 13.3. The number of hydrogen-bond donors (Lipinski definition) is 0. The lowest BCUT2D eigenvalue weighted by Gasteiger charge is -2.13. The Bertz CT molecular complexity index is 909. The van der Waals surface area contributed by atoms with Crippen LogP contribution in [0.15, 0.2) is 66.0 Å². The maximum Gasteiger partial charge on any atom is 0.319 e. The summed E-state index contributed by atoms with van der Waals surface area (Å²) in [7, 11) is 0. The number of ether oxygens (including phenoxy) is 1. The number of hydrogen-bond acceptors (Lipinski definition) is 4. The van der Waals surface area contributed by atoms with Crippen molar-refractivity contribution in [3.05, 3.63) is 72.2 Å². The fraction of sp³-hybridized carbons (Fsp3) is 0.200. The number of nitrogens with zero attached hydrogens (tertiary/aromatic N) is 2. The Morgan fingerprint density at radius 2 is 1.92 bits per heavy atom. The molecule has 1 aliphatic heterocycles. The topological polar surface area (TPSA) is 44.1 Å². The lowest BCUT2D eigenvalue weighted by atomic mass is 10.1. The van der Waals surface area contributed by atoms with Gasteiger partial charge in [-0.3, -0.25) is 4.79 Å². The number of carbonyl (C=O) groups is 1. The van der Waals surface area contributed by atoms with Crippen LogP contribution in [-0.2, 0) is 16.1 Å². The molecule has 0 saturated carbocycles. The molecule has 1 fully saturated rings. The molecule has 0 amide bonds. The van der Waals surface area contributed by atoms with Crippen molar-refractivity contribution in [3.63, 3.8) is 0 Å². The molecule has 1 saturated heterocycles. The van der Waals surface area contributed by atoms with Gasteiger partial charge in [0.1, 0.15) is 11.1 Å². The van der Waals surface area contributed by atoms with E-state index in [0.717, 1.165) is 22.0 Å². The van der Waals surface area contributed by atoms with Gasteiger partial charge in [0.25, 0.3) is 0 Å². The summed E-state index contributed by atoms with van der Waals surface area (Å²) in [5.41, 5.74) is 2.91. The molecule has 0 bridgehead atoms. The number of aromatic nitrogens is 2. The largest absolute Gasteiger partial charge is 0.465 e. The molecule has 4 nitrogen and oxygen atoms in total. The summed E-state index contributed by atoms with van der Waals surface area (Å²) in [6, 6.07) is 16.4. The van der Waals surface area contributed by atoms with E-state index in [1.165, 1.54) is 23.9 Å². The van der Waals surface area contributed by atoms with E-state index >= 15 is 0 Å². The minimum atomic E-state index is -0.272. The molecule has 0 radical (unpaired) electrons. The van der Waals surface area contributed by atoms with Crippen LogP contribution in [0.1, 0.15) is 12.0 Å². The normalized spacial score (nSPS) is 16.7. The highest BCUT2D eigenvalue weighted by Gasteiger charge is 2.29. The number of imidazole rings is 1. The van der Waals surface area contributed by atoms with Gasteiger partial charge >= 0.3 is 5.97 Å². The molecule has 2 aromatic carbocycles. The Morgan fingerprint density at radius 1 is 1.15 bits per heavy atom. The zero-order valence-corrected chi connectivity index (χ0v) is 14.8. The van der Waals surface area contributed by atoms with Crippen LogP contribution < -0.4 is 0 Å². The van der Waals surface area contributed by atoms with E-state index in [-0.39, 0.29) is 17.0 Å². The molecule has 3 aromatic rings. The Labute approximate surface area is 155 Å². The smallest absolute Gasteiger partial charge is 0.319 e. The Hall–Kier alpha value is -2.60. The van der Waals surface area contributed by atoms with Gasteiger partial charge in [0.15, 0.2) is 5.16 Å². The predicted octanol–water partition coefficient (Wildman–Crippen LogP) is 4.15. The van der Waals surface area contributed by atoms with Crippen molar-refractivity contribution < 1.29 is 13.9 Å². The fourth-order valence-corrected chi connectivity index (χ4v) is 3.97. The van der Waals surface area contributed by atoms with Gasteiger partial charge in [0.2, 0.25) is 0 Å². The van der Waals surface area contributed by atoms with Gasteiger partial charge < -0.3 is 9.30 Å². The summed E-state index contributed by atoms with van der Waals surface area (Å²) in [6.45, 7) is 1.08. The molecule has 26 heavy (non-hydrogen) atoms. The van der Waals surface area contributed by atoms with Crippen LogP contribution in [0.4, 0.5) is 4.39 Å². The fourth-order valence-electron chi connectivity index (χ4n) is 2.93.